The van der Waals surface area contributed by atoms with Gasteiger partial charge in [0.15, 0.2) is 0 Å². The Labute approximate surface area is 147 Å². The van der Waals surface area contributed by atoms with Gasteiger partial charge in [-0.15, -0.1) is 0 Å². The number of aliphatic hydroxyl groups is 1. The van der Waals surface area contributed by atoms with E-state index in [1.807, 2.05) is 62.4 Å². The number of para-hydroxylation sites is 1. The fourth-order valence-electron chi connectivity index (χ4n) is 2.34. The van der Waals surface area contributed by atoms with Crippen molar-refractivity contribution in [2.24, 2.45) is 0 Å². The second-order valence-electron chi connectivity index (χ2n) is 5.84. The molecule has 1 aromatic carbocycles. The number of aryl methyl sites for hydroxylation is 1. The zero-order valence-corrected chi connectivity index (χ0v) is 14.3. The van der Waals surface area contributed by atoms with Crippen molar-refractivity contribution >= 4 is 17.5 Å². The Morgan fingerprint density at radius 3 is 2.56 bits per heavy atom. The first-order chi connectivity index (χ1) is 12.2. The quantitative estimate of drug-likeness (QED) is 0.640. The lowest BCUT2D eigenvalue weighted by atomic mass is 10.2. The van der Waals surface area contributed by atoms with Crippen LogP contribution < -0.4 is 10.6 Å². The first-order valence-electron chi connectivity index (χ1n) is 8.16. The highest BCUT2D eigenvalue weighted by Gasteiger charge is 2.10. The summed E-state index contributed by atoms with van der Waals surface area (Å²) in [6.45, 7) is 3.90. The third-order valence-corrected chi connectivity index (χ3v) is 3.71. The van der Waals surface area contributed by atoms with Crippen molar-refractivity contribution in [1.29, 1.82) is 0 Å². The monoisotopic (exact) mass is 335 g/mol. The number of rotatable bonds is 6. The van der Waals surface area contributed by atoms with E-state index in [4.69, 9.17) is 0 Å². The fourth-order valence-corrected chi connectivity index (χ4v) is 2.34. The molecule has 3 rings (SSSR count). The fraction of sp³-hybridized carbons (Fsp3) is 0.211. The van der Waals surface area contributed by atoms with E-state index in [0.29, 0.717) is 17.5 Å². The summed E-state index contributed by atoms with van der Waals surface area (Å²) in [7, 11) is 0. The molecule has 0 spiro atoms. The van der Waals surface area contributed by atoms with Crippen LogP contribution in [0.3, 0.4) is 0 Å². The number of hydrogen-bond acceptors (Lipinski definition) is 6. The van der Waals surface area contributed by atoms with Crippen LogP contribution in [0.4, 0.5) is 17.5 Å². The molecule has 6 heteroatoms. The van der Waals surface area contributed by atoms with Gasteiger partial charge in [0.2, 0.25) is 5.95 Å². The minimum absolute atomic E-state index is 0.00225. The Bertz CT molecular complexity index is 838. The van der Waals surface area contributed by atoms with Crippen LogP contribution in [0.25, 0.3) is 11.4 Å². The van der Waals surface area contributed by atoms with Crippen LogP contribution >= 0.6 is 0 Å². The summed E-state index contributed by atoms with van der Waals surface area (Å²) in [6, 6.07) is 15.4. The summed E-state index contributed by atoms with van der Waals surface area (Å²) in [5.41, 5.74) is 3.57. The Kier molecular flexibility index (Phi) is 5.20. The second-order valence-corrected chi connectivity index (χ2v) is 5.84. The summed E-state index contributed by atoms with van der Waals surface area (Å²) in [6.07, 6.45) is 1.73. The second kappa shape index (κ2) is 7.72. The van der Waals surface area contributed by atoms with E-state index in [9.17, 15) is 5.11 Å². The SMILES string of the molecule is Cc1ccccc1Nc1cc(-c2ccccn2)nc(N[C@@H](C)CO)n1. The molecule has 0 saturated carbocycles. The lowest BCUT2D eigenvalue weighted by molar-refractivity contribution is 0.281. The topological polar surface area (TPSA) is 83.0 Å². The number of aliphatic hydroxyl groups excluding tert-OH is 1. The number of nitrogens with zero attached hydrogens (tertiary/aromatic N) is 3. The van der Waals surface area contributed by atoms with Gasteiger partial charge in [-0.3, -0.25) is 4.98 Å². The minimum atomic E-state index is -0.148. The molecule has 6 nitrogen and oxygen atoms in total. The van der Waals surface area contributed by atoms with Crippen LogP contribution in [0.15, 0.2) is 54.7 Å². The molecule has 128 valence electrons. The van der Waals surface area contributed by atoms with E-state index in [0.717, 1.165) is 16.9 Å². The van der Waals surface area contributed by atoms with Crippen LogP contribution in [-0.2, 0) is 0 Å². The molecule has 0 saturated heterocycles. The zero-order chi connectivity index (χ0) is 17.6. The number of aromatic nitrogens is 3. The van der Waals surface area contributed by atoms with Gasteiger partial charge >= 0.3 is 0 Å². The molecule has 0 bridgehead atoms. The molecule has 0 amide bonds. The summed E-state index contributed by atoms with van der Waals surface area (Å²) in [5.74, 6) is 1.11. The first kappa shape index (κ1) is 16.9. The third-order valence-electron chi connectivity index (χ3n) is 3.71. The molecule has 3 aromatic rings. The molecule has 0 fully saturated rings. The standard InChI is InChI=1S/C19H21N5O/c1-13-7-3-4-8-15(13)22-18-11-17(16-9-5-6-10-20-16)23-19(24-18)21-14(2)12-25/h3-11,14,25H,12H2,1-2H3,(H2,21,22,23,24)/t14-/m0/s1. The first-order valence-corrected chi connectivity index (χ1v) is 8.16. The van der Waals surface area contributed by atoms with E-state index in [1.165, 1.54) is 0 Å². The van der Waals surface area contributed by atoms with E-state index in [2.05, 4.69) is 25.6 Å². The van der Waals surface area contributed by atoms with Gasteiger partial charge in [0.05, 0.1) is 18.0 Å². The average molecular weight is 335 g/mol. The van der Waals surface area contributed by atoms with E-state index in [1.54, 1.807) is 6.20 Å². The van der Waals surface area contributed by atoms with Crippen LogP contribution in [0.1, 0.15) is 12.5 Å². The minimum Gasteiger partial charge on any atom is -0.394 e. The maximum Gasteiger partial charge on any atom is 0.225 e. The van der Waals surface area contributed by atoms with Gasteiger partial charge in [-0.2, -0.15) is 4.98 Å². The van der Waals surface area contributed by atoms with Crippen LogP contribution in [0, 0.1) is 6.92 Å². The van der Waals surface area contributed by atoms with E-state index in [-0.39, 0.29) is 12.6 Å². The van der Waals surface area contributed by atoms with Gasteiger partial charge in [-0.25, -0.2) is 4.98 Å². The molecule has 2 heterocycles. The predicted octanol–water partition coefficient (Wildman–Crippen LogP) is 3.38. The van der Waals surface area contributed by atoms with Crippen molar-refractivity contribution in [3.05, 3.63) is 60.3 Å². The summed E-state index contributed by atoms with van der Waals surface area (Å²) >= 11 is 0. The summed E-state index contributed by atoms with van der Waals surface area (Å²) < 4.78 is 0. The molecule has 0 aliphatic heterocycles. The zero-order valence-electron chi connectivity index (χ0n) is 14.3. The Morgan fingerprint density at radius 2 is 1.84 bits per heavy atom. The molecular weight excluding hydrogens is 314 g/mol. The summed E-state index contributed by atoms with van der Waals surface area (Å²) in [5, 5.41) is 15.7. The smallest absolute Gasteiger partial charge is 0.225 e. The molecular formula is C19H21N5O. The van der Waals surface area contributed by atoms with Crippen molar-refractivity contribution < 1.29 is 5.11 Å². The van der Waals surface area contributed by atoms with Crippen molar-refractivity contribution in [2.75, 3.05) is 17.2 Å². The lowest BCUT2D eigenvalue weighted by Gasteiger charge is -2.14. The van der Waals surface area contributed by atoms with Gasteiger partial charge in [-0.05, 0) is 37.6 Å². The predicted molar refractivity (Wildman–Crippen MR) is 99.9 cm³/mol. The highest BCUT2D eigenvalue weighted by atomic mass is 16.3. The molecule has 2 aromatic heterocycles. The number of benzene rings is 1. The summed E-state index contributed by atoms with van der Waals surface area (Å²) in [4.78, 5) is 13.4. The lowest BCUT2D eigenvalue weighted by Crippen LogP contribution is -2.21. The van der Waals surface area contributed by atoms with Crippen molar-refractivity contribution in [1.82, 2.24) is 15.0 Å². The van der Waals surface area contributed by atoms with E-state index >= 15 is 0 Å². The molecule has 0 aliphatic rings. The Hall–Kier alpha value is -2.99. The Morgan fingerprint density at radius 1 is 1.04 bits per heavy atom. The Balaban J connectivity index is 1.99. The number of anilines is 3. The van der Waals surface area contributed by atoms with Crippen LogP contribution in [0.2, 0.25) is 0 Å². The highest BCUT2D eigenvalue weighted by molar-refractivity contribution is 5.66. The average Bonchev–Trinajstić information content (AvgIpc) is 2.64. The van der Waals surface area contributed by atoms with Gasteiger partial charge in [-0.1, -0.05) is 24.3 Å². The van der Waals surface area contributed by atoms with Crippen molar-refractivity contribution in [2.45, 2.75) is 19.9 Å². The number of nitrogens with one attached hydrogen (secondary N) is 2. The van der Waals surface area contributed by atoms with Gasteiger partial charge in [0, 0.05) is 24.0 Å². The van der Waals surface area contributed by atoms with Crippen molar-refractivity contribution in [3.8, 4) is 11.4 Å². The molecule has 0 unspecified atom stereocenters. The van der Waals surface area contributed by atoms with Crippen LogP contribution in [0.5, 0.6) is 0 Å². The van der Waals surface area contributed by atoms with E-state index < -0.39 is 0 Å². The highest BCUT2D eigenvalue weighted by Crippen LogP contribution is 2.24. The van der Waals surface area contributed by atoms with Gasteiger partial charge in [0.25, 0.3) is 0 Å². The van der Waals surface area contributed by atoms with Gasteiger partial charge < -0.3 is 15.7 Å². The molecule has 3 N–H and O–H groups in total. The largest absolute Gasteiger partial charge is 0.394 e. The molecule has 0 radical (unpaired) electrons. The maximum atomic E-state index is 9.28. The maximum absolute atomic E-state index is 9.28. The van der Waals surface area contributed by atoms with Gasteiger partial charge in [0.1, 0.15) is 5.82 Å². The van der Waals surface area contributed by atoms with Crippen LogP contribution in [-0.4, -0.2) is 32.7 Å². The molecule has 25 heavy (non-hydrogen) atoms. The molecule has 1 atom stereocenters. The number of hydrogen-bond donors (Lipinski definition) is 3. The molecule has 0 aliphatic carbocycles. The normalized spacial score (nSPS) is 11.8. The third kappa shape index (κ3) is 4.30. The number of pyridine rings is 1. The van der Waals surface area contributed by atoms with Crippen molar-refractivity contribution in [3.63, 3.8) is 0 Å².